The normalized spacial score (nSPS) is 10.7. The molecule has 1 N–H and O–H groups in total. The SMILES string of the molecule is O=C(CCn1ncc2ccccc21)Nc1ccc(OCc2ccccc2)cc1. The van der Waals surface area contributed by atoms with Gasteiger partial charge in [-0.25, -0.2) is 0 Å². The number of hydrogen-bond acceptors (Lipinski definition) is 3. The Kier molecular flexibility index (Phi) is 5.33. The van der Waals surface area contributed by atoms with Crippen LogP contribution in [0.3, 0.4) is 0 Å². The molecule has 28 heavy (non-hydrogen) atoms. The van der Waals surface area contributed by atoms with Crippen LogP contribution in [0.1, 0.15) is 12.0 Å². The Morgan fingerprint density at radius 3 is 2.50 bits per heavy atom. The maximum Gasteiger partial charge on any atom is 0.226 e. The van der Waals surface area contributed by atoms with E-state index in [1.165, 1.54) is 0 Å². The number of benzene rings is 3. The van der Waals surface area contributed by atoms with Crippen molar-refractivity contribution in [2.45, 2.75) is 19.6 Å². The van der Waals surface area contributed by atoms with Crippen molar-refractivity contribution in [1.29, 1.82) is 0 Å². The minimum Gasteiger partial charge on any atom is -0.489 e. The van der Waals surface area contributed by atoms with Gasteiger partial charge in [0.2, 0.25) is 5.91 Å². The Labute approximate surface area is 163 Å². The molecule has 0 fully saturated rings. The van der Waals surface area contributed by atoms with E-state index < -0.39 is 0 Å². The second kappa shape index (κ2) is 8.39. The molecule has 0 bridgehead atoms. The first-order valence-corrected chi connectivity index (χ1v) is 9.25. The fourth-order valence-electron chi connectivity index (χ4n) is 3.01. The highest BCUT2D eigenvalue weighted by molar-refractivity contribution is 5.90. The van der Waals surface area contributed by atoms with Crippen LogP contribution in [0.2, 0.25) is 0 Å². The quantitative estimate of drug-likeness (QED) is 0.515. The lowest BCUT2D eigenvalue weighted by molar-refractivity contribution is -0.116. The van der Waals surface area contributed by atoms with Gasteiger partial charge in [0.05, 0.1) is 18.3 Å². The second-order valence-electron chi connectivity index (χ2n) is 6.52. The number of anilines is 1. The van der Waals surface area contributed by atoms with Gasteiger partial charge in [-0.1, -0.05) is 48.5 Å². The highest BCUT2D eigenvalue weighted by Gasteiger charge is 2.06. The van der Waals surface area contributed by atoms with Gasteiger partial charge in [0, 0.05) is 17.5 Å². The lowest BCUT2D eigenvalue weighted by Crippen LogP contribution is -2.14. The number of aryl methyl sites for hydroxylation is 1. The van der Waals surface area contributed by atoms with Crippen molar-refractivity contribution in [3.05, 3.63) is 90.6 Å². The Morgan fingerprint density at radius 1 is 0.929 bits per heavy atom. The molecule has 1 aromatic heterocycles. The van der Waals surface area contributed by atoms with Crippen LogP contribution in [-0.2, 0) is 17.9 Å². The minimum atomic E-state index is -0.0439. The fraction of sp³-hybridized carbons (Fsp3) is 0.130. The van der Waals surface area contributed by atoms with Crippen LogP contribution < -0.4 is 10.1 Å². The van der Waals surface area contributed by atoms with Crippen LogP contribution in [0, 0.1) is 0 Å². The summed E-state index contributed by atoms with van der Waals surface area (Å²) < 4.78 is 7.62. The topological polar surface area (TPSA) is 56.2 Å². The van der Waals surface area contributed by atoms with Crippen molar-refractivity contribution in [2.75, 3.05) is 5.32 Å². The zero-order chi connectivity index (χ0) is 19.2. The molecule has 1 amide bonds. The highest BCUT2D eigenvalue weighted by atomic mass is 16.5. The molecule has 4 aromatic rings. The molecule has 3 aromatic carbocycles. The first-order chi connectivity index (χ1) is 13.8. The number of nitrogens with zero attached hydrogens (tertiary/aromatic N) is 2. The van der Waals surface area contributed by atoms with Crippen LogP contribution in [-0.4, -0.2) is 15.7 Å². The van der Waals surface area contributed by atoms with Gasteiger partial charge in [0.1, 0.15) is 12.4 Å². The number of carbonyl (C=O) groups is 1. The number of aromatic nitrogens is 2. The Morgan fingerprint density at radius 2 is 1.68 bits per heavy atom. The Balaban J connectivity index is 1.28. The number of fused-ring (bicyclic) bond motifs is 1. The molecule has 0 saturated heterocycles. The summed E-state index contributed by atoms with van der Waals surface area (Å²) in [5, 5.41) is 8.35. The van der Waals surface area contributed by atoms with Gasteiger partial charge in [0.15, 0.2) is 0 Å². The smallest absolute Gasteiger partial charge is 0.226 e. The van der Waals surface area contributed by atoms with E-state index in [2.05, 4.69) is 10.4 Å². The number of rotatable bonds is 7. The third-order valence-corrected chi connectivity index (χ3v) is 4.49. The Bertz CT molecular complexity index is 1060. The molecule has 140 valence electrons. The van der Waals surface area contributed by atoms with Crippen molar-refractivity contribution in [1.82, 2.24) is 9.78 Å². The molecule has 5 heteroatoms. The Hall–Kier alpha value is -3.60. The van der Waals surface area contributed by atoms with Crippen LogP contribution >= 0.6 is 0 Å². The van der Waals surface area contributed by atoms with Gasteiger partial charge in [-0.15, -0.1) is 0 Å². The molecule has 0 aliphatic rings. The van der Waals surface area contributed by atoms with Gasteiger partial charge < -0.3 is 10.1 Å². The van der Waals surface area contributed by atoms with Crippen molar-refractivity contribution < 1.29 is 9.53 Å². The largest absolute Gasteiger partial charge is 0.489 e. The fourth-order valence-corrected chi connectivity index (χ4v) is 3.01. The summed E-state index contributed by atoms with van der Waals surface area (Å²) in [5.41, 5.74) is 2.91. The van der Waals surface area contributed by atoms with Crippen LogP contribution in [0.4, 0.5) is 5.69 Å². The van der Waals surface area contributed by atoms with E-state index in [0.29, 0.717) is 19.6 Å². The lowest BCUT2D eigenvalue weighted by Gasteiger charge is -2.09. The maximum atomic E-state index is 12.3. The standard InChI is InChI=1S/C23H21N3O2/c27-23(14-15-26-22-9-5-4-8-19(22)16-24-26)25-20-10-12-21(13-11-20)28-17-18-6-2-1-3-7-18/h1-13,16H,14-15,17H2,(H,25,27). The van der Waals surface area contributed by atoms with Gasteiger partial charge in [-0.05, 0) is 35.9 Å². The number of amides is 1. The van der Waals surface area contributed by atoms with Crippen molar-refractivity contribution in [2.24, 2.45) is 0 Å². The molecular weight excluding hydrogens is 350 g/mol. The lowest BCUT2D eigenvalue weighted by atomic mass is 10.2. The molecule has 0 atom stereocenters. The van der Waals surface area contributed by atoms with Crippen LogP contribution in [0.15, 0.2) is 85.1 Å². The predicted octanol–water partition coefficient (Wildman–Crippen LogP) is 4.64. The van der Waals surface area contributed by atoms with Gasteiger partial charge in [-0.3, -0.25) is 9.48 Å². The molecule has 4 rings (SSSR count). The minimum absolute atomic E-state index is 0.0439. The molecule has 0 unspecified atom stereocenters. The van der Waals surface area contributed by atoms with E-state index in [-0.39, 0.29) is 5.91 Å². The summed E-state index contributed by atoms with van der Waals surface area (Å²) in [6, 6.07) is 25.4. The van der Waals surface area contributed by atoms with Gasteiger partial charge in [-0.2, -0.15) is 5.10 Å². The zero-order valence-electron chi connectivity index (χ0n) is 15.4. The summed E-state index contributed by atoms with van der Waals surface area (Å²) >= 11 is 0. The third-order valence-electron chi connectivity index (χ3n) is 4.49. The molecule has 0 saturated carbocycles. The monoisotopic (exact) mass is 371 g/mol. The first-order valence-electron chi connectivity index (χ1n) is 9.25. The van der Waals surface area contributed by atoms with E-state index in [9.17, 15) is 4.79 Å². The van der Waals surface area contributed by atoms with Crippen LogP contribution in [0.5, 0.6) is 5.75 Å². The number of nitrogens with one attached hydrogen (secondary N) is 1. The molecule has 0 spiro atoms. The molecule has 1 heterocycles. The number of hydrogen-bond donors (Lipinski definition) is 1. The molecule has 0 aliphatic carbocycles. The van der Waals surface area contributed by atoms with E-state index in [1.807, 2.05) is 89.7 Å². The van der Waals surface area contributed by atoms with E-state index in [4.69, 9.17) is 4.74 Å². The van der Waals surface area contributed by atoms with Crippen molar-refractivity contribution in [3.8, 4) is 5.75 Å². The summed E-state index contributed by atoms with van der Waals surface area (Å²) in [6.45, 7) is 1.06. The van der Waals surface area contributed by atoms with Gasteiger partial charge in [0.25, 0.3) is 0 Å². The molecular formula is C23H21N3O2. The van der Waals surface area contributed by atoms with E-state index >= 15 is 0 Å². The second-order valence-corrected chi connectivity index (χ2v) is 6.52. The van der Waals surface area contributed by atoms with E-state index in [1.54, 1.807) is 0 Å². The predicted molar refractivity (Wildman–Crippen MR) is 110 cm³/mol. The average Bonchev–Trinajstić information content (AvgIpc) is 3.16. The molecule has 5 nitrogen and oxygen atoms in total. The van der Waals surface area contributed by atoms with Crippen LogP contribution in [0.25, 0.3) is 10.9 Å². The number of para-hydroxylation sites is 1. The third kappa shape index (κ3) is 4.38. The number of ether oxygens (including phenoxy) is 1. The molecule has 0 aliphatic heterocycles. The number of carbonyl (C=O) groups excluding carboxylic acids is 1. The summed E-state index contributed by atoms with van der Waals surface area (Å²) in [4.78, 5) is 12.3. The van der Waals surface area contributed by atoms with Crippen molar-refractivity contribution in [3.63, 3.8) is 0 Å². The average molecular weight is 371 g/mol. The summed E-state index contributed by atoms with van der Waals surface area (Å²) in [7, 11) is 0. The highest BCUT2D eigenvalue weighted by Crippen LogP contribution is 2.18. The maximum absolute atomic E-state index is 12.3. The molecule has 0 radical (unpaired) electrons. The van der Waals surface area contributed by atoms with Gasteiger partial charge >= 0.3 is 0 Å². The first kappa shape index (κ1) is 17.8. The summed E-state index contributed by atoms with van der Waals surface area (Å²) in [6.07, 6.45) is 2.18. The zero-order valence-corrected chi connectivity index (χ0v) is 15.4. The van der Waals surface area contributed by atoms with Crippen molar-refractivity contribution >= 4 is 22.5 Å². The van der Waals surface area contributed by atoms with E-state index in [0.717, 1.165) is 27.9 Å². The summed E-state index contributed by atoms with van der Waals surface area (Å²) in [5.74, 6) is 0.724.